The van der Waals surface area contributed by atoms with Gasteiger partial charge in [-0.2, -0.15) is 0 Å². The van der Waals surface area contributed by atoms with Crippen molar-refractivity contribution in [3.8, 4) is 5.75 Å². The third kappa shape index (κ3) is 5.74. The van der Waals surface area contributed by atoms with E-state index in [1.54, 1.807) is 18.4 Å². The summed E-state index contributed by atoms with van der Waals surface area (Å²) >= 11 is 1.59. The number of hydrogen-bond donors (Lipinski definition) is 2. The molecular weight excluding hydrogens is 334 g/mol. The molecule has 1 atom stereocenters. The van der Waals surface area contributed by atoms with Crippen molar-refractivity contribution in [2.45, 2.75) is 45.6 Å². The first-order valence-electron chi connectivity index (χ1n) is 8.43. The molecule has 0 fully saturated rings. The van der Waals surface area contributed by atoms with Crippen molar-refractivity contribution < 1.29 is 9.53 Å². The number of methoxy groups -OCH3 is 1. The van der Waals surface area contributed by atoms with E-state index in [1.807, 2.05) is 31.2 Å². The normalized spacial score (nSPS) is 12.5. The number of urea groups is 1. The molecule has 25 heavy (non-hydrogen) atoms. The van der Waals surface area contributed by atoms with Gasteiger partial charge in [0.15, 0.2) is 0 Å². The zero-order chi connectivity index (χ0) is 18.4. The Hall–Kier alpha value is -2.08. The zero-order valence-corrected chi connectivity index (χ0v) is 16.4. The average molecular weight is 362 g/mol. The molecule has 2 amide bonds. The third-order valence-electron chi connectivity index (χ3n) is 3.87. The van der Waals surface area contributed by atoms with E-state index in [0.717, 1.165) is 28.4 Å². The van der Waals surface area contributed by atoms with Crippen LogP contribution in [0.5, 0.6) is 5.75 Å². The van der Waals surface area contributed by atoms with Crippen LogP contribution in [0.2, 0.25) is 0 Å². The van der Waals surface area contributed by atoms with E-state index in [1.165, 1.54) is 0 Å². The van der Waals surface area contributed by atoms with Gasteiger partial charge >= 0.3 is 6.03 Å². The molecule has 0 saturated heterocycles. The van der Waals surface area contributed by atoms with Crippen LogP contribution in [-0.2, 0) is 11.8 Å². The van der Waals surface area contributed by atoms with Gasteiger partial charge in [-0.3, -0.25) is 0 Å². The average Bonchev–Trinajstić information content (AvgIpc) is 3.06. The Morgan fingerprint density at radius 3 is 2.52 bits per heavy atom. The number of benzene rings is 1. The van der Waals surface area contributed by atoms with Gasteiger partial charge < -0.3 is 15.4 Å². The van der Waals surface area contributed by atoms with Crippen LogP contribution < -0.4 is 15.4 Å². The van der Waals surface area contributed by atoms with Gasteiger partial charge in [-0.1, -0.05) is 32.9 Å². The Labute approximate surface area is 153 Å². The number of carbonyl (C=O) groups is 1. The number of hydrogen-bond acceptors (Lipinski definition) is 4. The maximum Gasteiger partial charge on any atom is 0.315 e. The van der Waals surface area contributed by atoms with E-state index in [2.05, 4.69) is 41.8 Å². The van der Waals surface area contributed by atoms with Gasteiger partial charge in [0.25, 0.3) is 0 Å². The summed E-state index contributed by atoms with van der Waals surface area (Å²) in [5.41, 5.74) is 2.24. The minimum atomic E-state index is -0.173. The van der Waals surface area contributed by atoms with Crippen molar-refractivity contribution in [2.24, 2.45) is 0 Å². The lowest BCUT2D eigenvalue weighted by atomic mass is 9.93. The summed E-state index contributed by atoms with van der Waals surface area (Å²) in [6, 6.07) is 7.57. The molecular formula is C19H27N3O2S. The smallest absolute Gasteiger partial charge is 0.315 e. The predicted octanol–water partition coefficient (Wildman–Crippen LogP) is 4.05. The molecule has 1 aromatic heterocycles. The fourth-order valence-electron chi connectivity index (χ4n) is 2.25. The highest BCUT2D eigenvalue weighted by Crippen LogP contribution is 2.26. The molecule has 2 N–H and O–H groups in total. The molecule has 2 rings (SSSR count). The minimum Gasteiger partial charge on any atom is -0.497 e. The number of carbonyl (C=O) groups excluding carboxylic acids is 1. The summed E-state index contributed by atoms with van der Waals surface area (Å²) in [4.78, 5) is 16.7. The summed E-state index contributed by atoms with van der Waals surface area (Å²) in [6.07, 6.45) is 0.775. The van der Waals surface area contributed by atoms with E-state index >= 15 is 0 Å². The number of amides is 2. The van der Waals surface area contributed by atoms with E-state index < -0.39 is 0 Å². The number of aromatic nitrogens is 1. The number of rotatable bonds is 6. The van der Waals surface area contributed by atoms with Gasteiger partial charge in [-0.05, 0) is 31.0 Å². The van der Waals surface area contributed by atoms with Gasteiger partial charge in [0.05, 0.1) is 18.8 Å². The predicted molar refractivity (Wildman–Crippen MR) is 102 cm³/mol. The van der Waals surface area contributed by atoms with Gasteiger partial charge in [-0.25, -0.2) is 9.78 Å². The zero-order valence-electron chi connectivity index (χ0n) is 15.6. The van der Waals surface area contributed by atoms with Crippen molar-refractivity contribution in [1.82, 2.24) is 15.6 Å². The van der Waals surface area contributed by atoms with Crippen LogP contribution in [0.15, 0.2) is 29.6 Å². The van der Waals surface area contributed by atoms with Crippen molar-refractivity contribution in [1.29, 1.82) is 0 Å². The second-order valence-electron chi connectivity index (χ2n) is 7.04. The monoisotopic (exact) mass is 361 g/mol. The Bertz CT molecular complexity index is 689. The van der Waals surface area contributed by atoms with Crippen LogP contribution in [0, 0.1) is 0 Å². The third-order valence-corrected chi connectivity index (χ3v) is 4.89. The van der Waals surface area contributed by atoms with Gasteiger partial charge in [0.1, 0.15) is 10.8 Å². The summed E-state index contributed by atoms with van der Waals surface area (Å²) in [6.45, 7) is 8.94. The van der Waals surface area contributed by atoms with Crippen molar-refractivity contribution in [3.63, 3.8) is 0 Å². The van der Waals surface area contributed by atoms with E-state index in [4.69, 9.17) is 4.74 Å². The van der Waals surface area contributed by atoms with Crippen LogP contribution in [0.1, 0.15) is 50.0 Å². The Balaban J connectivity index is 1.78. The Kier molecular flexibility index (Phi) is 6.42. The maximum absolute atomic E-state index is 12.1. The number of nitrogens with zero attached hydrogens (tertiary/aromatic N) is 1. The van der Waals surface area contributed by atoms with E-state index in [0.29, 0.717) is 6.54 Å². The molecule has 136 valence electrons. The van der Waals surface area contributed by atoms with Crippen LogP contribution in [0.4, 0.5) is 4.79 Å². The number of thiazole rings is 1. The van der Waals surface area contributed by atoms with Crippen LogP contribution in [-0.4, -0.2) is 24.7 Å². The molecule has 0 radical (unpaired) electrons. The maximum atomic E-state index is 12.1. The first-order chi connectivity index (χ1) is 11.8. The van der Waals surface area contributed by atoms with Crippen LogP contribution in [0.25, 0.3) is 0 Å². The van der Waals surface area contributed by atoms with E-state index in [9.17, 15) is 4.79 Å². The molecule has 0 saturated carbocycles. The van der Waals surface area contributed by atoms with Crippen LogP contribution in [0.3, 0.4) is 0 Å². The fraction of sp³-hybridized carbons (Fsp3) is 0.474. The lowest BCUT2D eigenvalue weighted by molar-refractivity contribution is 0.238. The molecule has 1 aromatic carbocycles. The topological polar surface area (TPSA) is 63.2 Å². The summed E-state index contributed by atoms with van der Waals surface area (Å²) in [5, 5.41) is 8.83. The molecule has 2 aromatic rings. The molecule has 0 aliphatic carbocycles. The molecule has 1 heterocycles. The molecule has 0 spiro atoms. The Morgan fingerprint density at radius 1 is 1.28 bits per heavy atom. The van der Waals surface area contributed by atoms with Crippen molar-refractivity contribution in [2.75, 3.05) is 13.7 Å². The lowest BCUT2D eigenvalue weighted by Crippen LogP contribution is -2.38. The quantitative estimate of drug-likeness (QED) is 0.816. The minimum absolute atomic E-state index is 0.0229. The van der Waals surface area contributed by atoms with Crippen LogP contribution >= 0.6 is 11.3 Å². The highest BCUT2D eigenvalue weighted by Gasteiger charge is 2.20. The molecule has 0 aliphatic heterocycles. The summed E-state index contributed by atoms with van der Waals surface area (Å²) in [5.74, 6) is 0.835. The summed E-state index contributed by atoms with van der Waals surface area (Å²) in [7, 11) is 1.65. The van der Waals surface area contributed by atoms with Gasteiger partial charge in [0, 0.05) is 17.3 Å². The van der Waals surface area contributed by atoms with Gasteiger partial charge in [-0.15, -0.1) is 11.3 Å². The molecule has 6 heteroatoms. The number of nitrogens with one attached hydrogen (secondary N) is 2. The fourth-order valence-corrected chi connectivity index (χ4v) is 3.31. The number of ether oxygens (including phenoxy) is 1. The van der Waals surface area contributed by atoms with Crippen molar-refractivity contribution in [3.05, 3.63) is 45.9 Å². The second-order valence-corrected chi connectivity index (χ2v) is 7.93. The standard InChI is InChI=1S/C19H27N3O2S/c1-13(17-22-16(12-25-17)19(2,3)4)21-18(23)20-11-10-14-6-8-15(24-5)9-7-14/h6-9,12-13H,10-11H2,1-5H3,(H2,20,21,23). The Morgan fingerprint density at radius 2 is 1.96 bits per heavy atom. The first-order valence-corrected chi connectivity index (χ1v) is 9.31. The molecule has 0 aliphatic rings. The SMILES string of the molecule is COc1ccc(CCNC(=O)NC(C)c2nc(C(C)(C)C)cs2)cc1. The molecule has 1 unspecified atom stereocenters. The highest BCUT2D eigenvalue weighted by molar-refractivity contribution is 7.09. The lowest BCUT2D eigenvalue weighted by Gasteiger charge is -2.15. The summed E-state index contributed by atoms with van der Waals surface area (Å²) < 4.78 is 5.14. The molecule has 0 bridgehead atoms. The van der Waals surface area contributed by atoms with Gasteiger partial charge in [0.2, 0.25) is 0 Å². The highest BCUT2D eigenvalue weighted by atomic mass is 32.1. The van der Waals surface area contributed by atoms with Crippen molar-refractivity contribution >= 4 is 17.4 Å². The molecule has 5 nitrogen and oxygen atoms in total. The first kappa shape index (κ1) is 19.2. The van der Waals surface area contributed by atoms with E-state index in [-0.39, 0.29) is 17.5 Å². The largest absolute Gasteiger partial charge is 0.497 e. The second kappa shape index (κ2) is 8.34.